The Labute approximate surface area is 169 Å². The average Bonchev–Trinajstić information content (AvgIpc) is 3.17. The highest BCUT2D eigenvalue weighted by Crippen LogP contribution is 2.25. The van der Waals surface area contributed by atoms with Gasteiger partial charge in [-0.05, 0) is 11.6 Å². The Morgan fingerprint density at radius 1 is 1.32 bits per heavy atom. The molecule has 3 rings (SSSR count). The van der Waals surface area contributed by atoms with E-state index in [1.807, 2.05) is 5.38 Å². The molecule has 28 heavy (non-hydrogen) atoms. The molecule has 0 atom stereocenters. The maximum absolute atomic E-state index is 12.0. The zero-order chi connectivity index (χ0) is 19.6. The van der Waals surface area contributed by atoms with Crippen molar-refractivity contribution in [2.24, 2.45) is 0 Å². The number of hydrogen-bond acceptors (Lipinski definition) is 7. The molecule has 7 nitrogen and oxygen atoms in total. The van der Waals surface area contributed by atoms with Gasteiger partial charge in [0.1, 0.15) is 5.01 Å². The summed E-state index contributed by atoms with van der Waals surface area (Å²) in [4.78, 5) is 19.0. The van der Waals surface area contributed by atoms with Crippen molar-refractivity contribution >= 4 is 17.2 Å². The van der Waals surface area contributed by atoms with E-state index in [-0.39, 0.29) is 25.5 Å². The summed E-state index contributed by atoms with van der Waals surface area (Å²) in [6, 6.07) is 8.44. The number of amides is 1. The van der Waals surface area contributed by atoms with Crippen LogP contribution in [0.4, 0.5) is 0 Å². The molecule has 0 saturated carbocycles. The van der Waals surface area contributed by atoms with Crippen LogP contribution in [0.1, 0.15) is 11.3 Å². The van der Waals surface area contributed by atoms with Gasteiger partial charge in [-0.25, -0.2) is 4.98 Å². The summed E-state index contributed by atoms with van der Waals surface area (Å²) >= 11 is 1.56. The second kappa shape index (κ2) is 11.2. The number of hydrogen-bond donors (Lipinski definition) is 2. The van der Waals surface area contributed by atoms with Crippen molar-refractivity contribution in [1.82, 2.24) is 15.2 Å². The molecule has 1 saturated heterocycles. The standard InChI is InChI=1S/C20H27N3O4S/c24-7-11-26-8-4-21-19(25)13-18-15-28-20(22-18)17-3-1-2-16(12-17)14-23-5-9-27-10-6-23/h1-3,12,15,24H,4-11,13-14H2,(H,21,25). The minimum Gasteiger partial charge on any atom is -0.394 e. The van der Waals surface area contributed by atoms with Gasteiger partial charge in [0.05, 0.1) is 45.1 Å². The van der Waals surface area contributed by atoms with E-state index in [4.69, 9.17) is 14.6 Å². The Bertz CT molecular complexity index is 747. The minimum atomic E-state index is -0.0782. The molecule has 0 bridgehead atoms. The number of nitrogens with zero attached hydrogens (tertiary/aromatic N) is 2. The van der Waals surface area contributed by atoms with Crippen LogP contribution in [0, 0.1) is 0 Å². The molecule has 1 aromatic heterocycles. The number of thiazole rings is 1. The molecule has 1 amide bonds. The van der Waals surface area contributed by atoms with E-state index in [9.17, 15) is 4.79 Å². The molecule has 2 heterocycles. The van der Waals surface area contributed by atoms with Crippen LogP contribution in [-0.4, -0.2) is 73.6 Å². The van der Waals surface area contributed by atoms with Gasteiger partial charge < -0.3 is 19.9 Å². The summed E-state index contributed by atoms with van der Waals surface area (Å²) in [5.41, 5.74) is 3.11. The normalized spacial score (nSPS) is 14.9. The number of carbonyl (C=O) groups is 1. The van der Waals surface area contributed by atoms with Crippen LogP contribution < -0.4 is 5.32 Å². The first kappa shape index (κ1) is 20.9. The van der Waals surface area contributed by atoms with Gasteiger partial charge in [0.2, 0.25) is 5.91 Å². The fraction of sp³-hybridized carbons (Fsp3) is 0.500. The van der Waals surface area contributed by atoms with E-state index in [2.05, 4.69) is 39.5 Å². The molecule has 152 valence electrons. The lowest BCUT2D eigenvalue weighted by atomic mass is 10.1. The van der Waals surface area contributed by atoms with Crippen LogP contribution in [0.25, 0.3) is 10.6 Å². The second-order valence-electron chi connectivity index (χ2n) is 6.60. The van der Waals surface area contributed by atoms with Crippen LogP contribution in [0.5, 0.6) is 0 Å². The Morgan fingerprint density at radius 3 is 3.00 bits per heavy atom. The highest BCUT2D eigenvalue weighted by molar-refractivity contribution is 7.13. The first-order valence-electron chi connectivity index (χ1n) is 9.54. The smallest absolute Gasteiger partial charge is 0.226 e. The predicted molar refractivity (Wildman–Crippen MR) is 108 cm³/mol. The van der Waals surface area contributed by atoms with Gasteiger partial charge in [-0.2, -0.15) is 0 Å². The van der Waals surface area contributed by atoms with E-state index >= 15 is 0 Å². The van der Waals surface area contributed by atoms with Crippen molar-refractivity contribution in [3.05, 3.63) is 40.9 Å². The third-order valence-corrected chi connectivity index (χ3v) is 5.32. The number of carbonyl (C=O) groups excluding carboxylic acids is 1. The van der Waals surface area contributed by atoms with Crippen LogP contribution >= 0.6 is 11.3 Å². The van der Waals surface area contributed by atoms with Gasteiger partial charge >= 0.3 is 0 Å². The third kappa shape index (κ3) is 6.65. The van der Waals surface area contributed by atoms with Crippen molar-refractivity contribution < 1.29 is 19.4 Å². The molecule has 2 aromatic rings. The highest BCUT2D eigenvalue weighted by Gasteiger charge is 2.12. The molecule has 8 heteroatoms. The predicted octanol–water partition coefficient (Wildman–Crippen LogP) is 1.31. The Hall–Kier alpha value is -1.84. The van der Waals surface area contributed by atoms with Crippen LogP contribution in [0.15, 0.2) is 29.6 Å². The number of ether oxygens (including phenoxy) is 2. The number of aromatic nitrogens is 1. The van der Waals surface area contributed by atoms with E-state index in [1.54, 1.807) is 11.3 Å². The second-order valence-corrected chi connectivity index (χ2v) is 7.45. The molecule has 2 N–H and O–H groups in total. The lowest BCUT2D eigenvalue weighted by Crippen LogP contribution is -2.35. The topological polar surface area (TPSA) is 83.9 Å². The molecule has 1 aliphatic rings. The molecule has 0 unspecified atom stereocenters. The van der Waals surface area contributed by atoms with Crippen molar-refractivity contribution in [3.8, 4) is 10.6 Å². The summed E-state index contributed by atoms with van der Waals surface area (Å²) < 4.78 is 10.5. The van der Waals surface area contributed by atoms with E-state index < -0.39 is 0 Å². The molecular weight excluding hydrogens is 378 g/mol. The Balaban J connectivity index is 1.51. The summed E-state index contributed by atoms with van der Waals surface area (Å²) in [5.74, 6) is -0.0782. The first-order chi connectivity index (χ1) is 13.7. The summed E-state index contributed by atoms with van der Waals surface area (Å²) in [7, 11) is 0. The highest BCUT2D eigenvalue weighted by atomic mass is 32.1. The molecule has 0 aliphatic carbocycles. The largest absolute Gasteiger partial charge is 0.394 e. The first-order valence-corrected chi connectivity index (χ1v) is 10.4. The van der Waals surface area contributed by atoms with Gasteiger partial charge in [0.15, 0.2) is 0 Å². The van der Waals surface area contributed by atoms with Gasteiger partial charge in [-0.15, -0.1) is 11.3 Å². The monoisotopic (exact) mass is 405 g/mol. The quantitative estimate of drug-likeness (QED) is 0.580. The maximum Gasteiger partial charge on any atom is 0.226 e. The van der Waals surface area contributed by atoms with Crippen molar-refractivity contribution in [1.29, 1.82) is 0 Å². The Kier molecular flexibility index (Phi) is 8.38. The van der Waals surface area contributed by atoms with E-state index in [0.29, 0.717) is 13.2 Å². The van der Waals surface area contributed by atoms with Gasteiger partial charge in [-0.1, -0.05) is 18.2 Å². The molecular formula is C20H27N3O4S. The van der Waals surface area contributed by atoms with Crippen LogP contribution in [0.3, 0.4) is 0 Å². The number of morpholine rings is 1. The summed E-state index contributed by atoms with van der Waals surface area (Å²) in [5, 5.41) is 14.3. The average molecular weight is 406 g/mol. The van der Waals surface area contributed by atoms with Gasteiger partial charge in [0, 0.05) is 37.1 Å². The number of rotatable bonds is 10. The van der Waals surface area contributed by atoms with Crippen molar-refractivity contribution in [2.75, 3.05) is 52.7 Å². The third-order valence-electron chi connectivity index (χ3n) is 4.38. The van der Waals surface area contributed by atoms with Crippen LogP contribution in [-0.2, 0) is 27.2 Å². The van der Waals surface area contributed by atoms with E-state index in [1.165, 1.54) is 5.56 Å². The number of aliphatic hydroxyl groups is 1. The lowest BCUT2D eigenvalue weighted by molar-refractivity contribution is -0.120. The maximum atomic E-state index is 12.0. The minimum absolute atomic E-state index is 0.0107. The SMILES string of the molecule is O=C(Cc1csc(-c2cccc(CN3CCOCC3)c2)n1)NCCOCCO. The molecule has 1 fully saturated rings. The molecule has 1 aliphatic heterocycles. The summed E-state index contributed by atoms with van der Waals surface area (Å²) in [6.07, 6.45) is 0.254. The van der Waals surface area contributed by atoms with Crippen molar-refractivity contribution in [2.45, 2.75) is 13.0 Å². The molecule has 0 spiro atoms. The number of aliphatic hydroxyl groups excluding tert-OH is 1. The molecule has 0 radical (unpaired) electrons. The lowest BCUT2D eigenvalue weighted by Gasteiger charge is -2.26. The van der Waals surface area contributed by atoms with Crippen LogP contribution in [0.2, 0.25) is 0 Å². The van der Waals surface area contributed by atoms with Crippen molar-refractivity contribution in [3.63, 3.8) is 0 Å². The van der Waals surface area contributed by atoms with E-state index in [0.717, 1.165) is 49.1 Å². The zero-order valence-electron chi connectivity index (χ0n) is 15.9. The fourth-order valence-corrected chi connectivity index (χ4v) is 3.81. The number of nitrogens with one attached hydrogen (secondary N) is 1. The zero-order valence-corrected chi connectivity index (χ0v) is 16.7. The van der Waals surface area contributed by atoms with Gasteiger partial charge in [-0.3, -0.25) is 9.69 Å². The Morgan fingerprint density at radius 2 is 2.18 bits per heavy atom. The summed E-state index contributed by atoms with van der Waals surface area (Å²) in [6.45, 7) is 5.53. The fourth-order valence-electron chi connectivity index (χ4n) is 3.00. The van der Waals surface area contributed by atoms with Gasteiger partial charge in [0.25, 0.3) is 0 Å². The number of benzene rings is 1. The molecule has 1 aromatic carbocycles.